The molecular weight excluding hydrogens is 220 g/mol. The summed E-state index contributed by atoms with van der Waals surface area (Å²) < 4.78 is 8.90. The van der Waals surface area contributed by atoms with Crippen LogP contribution in [-0.2, 0) is 0 Å². The normalized spacial score (nSPS) is 24.3. The Bertz CT molecular complexity index is 322. The summed E-state index contributed by atoms with van der Waals surface area (Å²) in [5, 5.41) is 0. The average molecular weight is 253 g/mol. The molecule has 0 N–H and O–H groups in total. The van der Waals surface area contributed by atoms with Crippen molar-refractivity contribution in [3.05, 3.63) is 0 Å². The highest BCUT2D eigenvalue weighted by Crippen LogP contribution is 2.39. The second-order valence-electron chi connectivity index (χ2n) is 7.02. The van der Waals surface area contributed by atoms with E-state index in [4.69, 9.17) is 6.36 Å². The van der Waals surface area contributed by atoms with Gasteiger partial charge in [0.05, 0.1) is 0 Å². The highest BCUT2D eigenvalue weighted by molar-refractivity contribution is 5.85. The number of amidine groups is 1. The lowest BCUT2D eigenvalue weighted by Gasteiger charge is -2.38. The molecule has 1 fully saturated rings. The molecule has 0 radical (unpaired) electrons. The molecular formula is C16H32N2. The number of hydrogen-bond acceptors (Lipinski definition) is 1. The molecule has 1 aliphatic rings. The van der Waals surface area contributed by atoms with Crippen LogP contribution in [0.1, 0.15) is 68.6 Å². The Morgan fingerprint density at radius 3 is 2.11 bits per heavy atom. The Kier molecular flexibility index (Phi) is 4.69. The molecule has 0 saturated heterocycles. The summed E-state index contributed by atoms with van der Waals surface area (Å²) in [5.74, 6) is 0.506. The van der Waals surface area contributed by atoms with E-state index in [9.17, 15) is 0 Å². The monoisotopic (exact) mass is 253 g/mol. The minimum Gasteiger partial charge on any atom is -0.361 e. The summed E-state index contributed by atoms with van der Waals surface area (Å²) in [6, 6.07) is 0.656. The van der Waals surface area contributed by atoms with E-state index in [1.807, 2.05) is 0 Å². The van der Waals surface area contributed by atoms with Crippen LogP contribution in [0, 0.1) is 11.3 Å². The molecule has 0 heterocycles. The molecule has 0 unspecified atom stereocenters. The van der Waals surface area contributed by atoms with Crippen LogP contribution < -0.4 is 0 Å². The van der Waals surface area contributed by atoms with Crippen LogP contribution in [0.25, 0.3) is 0 Å². The zero-order valence-electron chi connectivity index (χ0n) is 14.4. The molecule has 0 aromatic rings. The summed E-state index contributed by atoms with van der Waals surface area (Å²) in [7, 11) is 2.09. The van der Waals surface area contributed by atoms with Crippen LogP contribution in [0.5, 0.6) is 0 Å². The largest absolute Gasteiger partial charge is 0.361 e. The van der Waals surface area contributed by atoms with Crippen molar-refractivity contribution in [1.29, 1.82) is 0 Å². The van der Waals surface area contributed by atoms with E-state index in [0.29, 0.717) is 11.5 Å². The molecule has 106 valence electrons. The lowest BCUT2D eigenvalue weighted by Crippen LogP contribution is -2.40. The second kappa shape index (κ2) is 6.08. The first-order valence-electron chi connectivity index (χ1n) is 7.88. The Morgan fingerprint density at radius 1 is 1.22 bits per heavy atom. The van der Waals surface area contributed by atoms with E-state index in [2.05, 4.69) is 53.5 Å². The van der Waals surface area contributed by atoms with E-state index in [0.717, 1.165) is 31.5 Å². The quantitative estimate of drug-likeness (QED) is 0.539. The van der Waals surface area contributed by atoms with Gasteiger partial charge in [0, 0.05) is 26.4 Å². The van der Waals surface area contributed by atoms with Crippen molar-refractivity contribution in [2.75, 3.05) is 7.05 Å². The molecule has 0 aromatic heterocycles. The summed E-state index contributed by atoms with van der Waals surface area (Å²) >= 11 is 0. The van der Waals surface area contributed by atoms with E-state index >= 15 is 0 Å². The van der Waals surface area contributed by atoms with Crippen LogP contribution in [0.15, 0.2) is 4.99 Å². The second-order valence-corrected chi connectivity index (χ2v) is 7.02. The van der Waals surface area contributed by atoms with Crippen molar-refractivity contribution in [1.82, 2.24) is 4.90 Å². The minimum atomic E-state index is -0.487. The smallest absolute Gasteiger partial charge is 0.102 e. The Labute approximate surface area is 115 Å². The fraction of sp³-hybridized carbons (Fsp3) is 0.938. The molecule has 2 nitrogen and oxygen atoms in total. The van der Waals surface area contributed by atoms with Gasteiger partial charge in [-0.2, -0.15) is 0 Å². The number of nitrogens with zero attached hydrogens (tertiary/aromatic N) is 2. The zero-order chi connectivity index (χ0) is 14.8. The van der Waals surface area contributed by atoms with Crippen molar-refractivity contribution in [2.45, 2.75) is 79.3 Å². The molecule has 0 atom stereocenters. The number of rotatable bonds is 3. The minimum absolute atomic E-state index is 0.258. The number of aliphatic imine (C=N–C) groups is 1. The maximum absolute atomic E-state index is 8.90. The number of hydrogen-bond donors (Lipinski definition) is 0. The SMILES string of the molecule is [2H]C1(C(=NC(C)C)N(C)C(C)C)CCC(C)(C)CC1. The van der Waals surface area contributed by atoms with Crippen molar-refractivity contribution in [3.8, 4) is 0 Å². The van der Waals surface area contributed by atoms with Gasteiger partial charge < -0.3 is 4.90 Å². The van der Waals surface area contributed by atoms with Crippen molar-refractivity contribution in [2.24, 2.45) is 16.3 Å². The molecule has 0 aliphatic heterocycles. The highest BCUT2D eigenvalue weighted by Gasteiger charge is 2.31. The van der Waals surface area contributed by atoms with Crippen molar-refractivity contribution in [3.63, 3.8) is 0 Å². The fourth-order valence-electron chi connectivity index (χ4n) is 2.37. The fourth-order valence-corrected chi connectivity index (χ4v) is 2.37. The van der Waals surface area contributed by atoms with Gasteiger partial charge in [-0.15, -0.1) is 0 Å². The van der Waals surface area contributed by atoms with Crippen LogP contribution >= 0.6 is 0 Å². The third-order valence-electron chi connectivity index (χ3n) is 4.01. The van der Waals surface area contributed by atoms with Crippen LogP contribution in [0.3, 0.4) is 0 Å². The van der Waals surface area contributed by atoms with E-state index in [-0.39, 0.29) is 6.04 Å². The van der Waals surface area contributed by atoms with Gasteiger partial charge in [0.1, 0.15) is 5.84 Å². The van der Waals surface area contributed by atoms with Gasteiger partial charge in [-0.1, -0.05) is 13.8 Å². The summed E-state index contributed by atoms with van der Waals surface area (Å²) in [6.07, 6.45) is 4.12. The predicted molar refractivity (Wildman–Crippen MR) is 81.2 cm³/mol. The maximum atomic E-state index is 8.90. The van der Waals surface area contributed by atoms with Gasteiger partial charge in [-0.3, -0.25) is 4.99 Å². The molecule has 0 amide bonds. The molecule has 0 aromatic carbocycles. The Balaban J connectivity index is 2.99. The standard InChI is InChI=1S/C16H32N2/c1-12(2)17-15(18(7)13(3)4)14-8-10-16(5,6)11-9-14/h12-14H,8-11H2,1-7H3/i14D. The van der Waals surface area contributed by atoms with E-state index in [1.54, 1.807) is 0 Å². The summed E-state index contributed by atoms with van der Waals surface area (Å²) in [4.78, 5) is 7.00. The Morgan fingerprint density at radius 2 is 1.72 bits per heavy atom. The average Bonchev–Trinajstić information content (AvgIpc) is 2.29. The third-order valence-corrected chi connectivity index (χ3v) is 4.01. The lowest BCUT2D eigenvalue weighted by molar-refractivity contribution is 0.211. The topological polar surface area (TPSA) is 15.6 Å². The van der Waals surface area contributed by atoms with E-state index in [1.165, 1.54) is 0 Å². The molecule has 1 rings (SSSR count). The van der Waals surface area contributed by atoms with Gasteiger partial charge in [-0.25, -0.2) is 0 Å². The van der Waals surface area contributed by atoms with Crippen LogP contribution in [0.2, 0.25) is 0 Å². The van der Waals surface area contributed by atoms with Crippen molar-refractivity contribution >= 4 is 5.84 Å². The zero-order valence-corrected chi connectivity index (χ0v) is 13.4. The van der Waals surface area contributed by atoms with Crippen LogP contribution in [0.4, 0.5) is 0 Å². The van der Waals surface area contributed by atoms with Gasteiger partial charge >= 0.3 is 0 Å². The first-order valence-corrected chi connectivity index (χ1v) is 7.38. The van der Waals surface area contributed by atoms with E-state index < -0.39 is 5.89 Å². The predicted octanol–water partition coefficient (Wildman–Crippen LogP) is 4.35. The van der Waals surface area contributed by atoms with Crippen molar-refractivity contribution < 1.29 is 1.37 Å². The molecule has 2 heteroatoms. The third kappa shape index (κ3) is 4.29. The molecule has 0 spiro atoms. The highest BCUT2D eigenvalue weighted by atomic mass is 15.2. The Hall–Kier alpha value is -0.530. The van der Waals surface area contributed by atoms with Gasteiger partial charge in [0.2, 0.25) is 0 Å². The first-order chi connectivity index (χ1) is 8.57. The van der Waals surface area contributed by atoms with Crippen LogP contribution in [-0.4, -0.2) is 29.9 Å². The molecule has 1 aliphatic carbocycles. The molecule has 0 bridgehead atoms. The maximum Gasteiger partial charge on any atom is 0.102 e. The molecule has 1 saturated carbocycles. The van der Waals surface area contributed by atoms with Gasteiger partial charge in [0.15, 0.2) is 0 Å². The lowest BCUT2D eigenvalue weighted by atomic mass is 9.72. The van der Waals surface area contributed by atoms with Gasteiger partial charge in [-0.05, 0) is 58.8 Å². The summed E-state index contributed by atoms with van der Waals surface area (Å²) in [5.41, 5.74) is 0.393. The first kappa shape index (κ1) is 13.9. The molecule has 18 heavy (non-hydrogen) atoms. The van der Waals surface area contributed by atoms with Gasteiger partial charge in [0.25, 0.3) is 0 Å². The summed E-state index contributed by atoms with van der Waals surface area (Å²) in [6.45, 7) is 13.2.